The summed E-state index contributed by atoms with van der Waals surface area (Å²) in [7, 11) is 0. The van der Waals surface area contributed by atoms with E-state index in [0.717, 1.165) is 173 Å². The molecule has 0 bridgehead atoms. The summed E-state index contributed by atoms with van der Waals surface area (Å²) in [6.45, 7) is 6.37. The normalized spacial score (nSPS) is 13.1. The summed E-state index contributed by atoms with van der Waals surface area (Å²) in [6.07, 6.45) is 82.0. The van der Waals surface area contributed by atoms with E-state index >= 15 is 0 Å². The maximum atomic E-state index is 12.7. The van der Waals surface area contributed by atoms with Gasteiger partial charge in [-0.2, -0.15) is 0 Å². The smallest absolute Gasteiger partial charge is 0.306 e. The van der Waals surface area contributed by atoms with Gasteiger partial charge in [-0.3, -0.25) is 14.4 Å². The highest BCUT2D eigenvalue weighted by atomic mass is 16.6. The third-order valence-electron chi connectivity index (χ3n) is 11.6. The van der Waals surface area contributed by atoms with Crippen LogP contribution in [0.3, 0.4) is 0 Å². The Morgan fingerprint density at radius 1 is 0.296 bits per heavy atom. The molecule has 0 spiro atoms. The molecule has 0 aromatic heterocycles. The van der Waals surface area contributed by atoms with Gasteiger partial charge in [0.15, 0.2) is 6.10 Å². The van der Waals surface area contributed by atoms with Crippen LogP contribution in [0.4, 0.5) is 0 Å². The van der Waals surface area contributed by atoms with Gasteiger partial charge in [0, 0.05) is 19.3 Å². The van der Waals surface area contributed by atoms with E-state index in [9.17, 15) is 14.4 Å². The third kappa shape index (κ3) is 56.3. The summed E-state index contributed by atoms with van der Waals surface area (Å²) >= 11 is 0. The molecule has 1 unspecified atom stereocenters. The molecule has 0 N–H and O–H groups in total. The average Bonchev–Trinajstić information content (AvgIpc) is 3.37. The molecule has 0 radical (unpaired) electrons. The number of ether oxygens (including phenoxy) is 3. The van der Waals surface area contributed by atoms with Crippen molar-refractivity contribution in [2.45, 2.75) is 245 Å². The molecular weight excluding hydrogens is 877 g/mol. The maximum Gasteiger partial charge on any atom is 0.306 e. The quantitative estimate of drug-likeness (QED) is 0.0262. The van der Waals surface area contributed by atoms with Crippen LogP contribution in [0.5, 0.6) is 0 Å². The lowest BCUT2D eigenvalue weighted by atomic mass is 10.1. The van der Waals surface area contributed by atoms with Crippen molar-refractivity contribution in [2.24, 2.45) is 0 Å². The van der Waals surface area contributed by atoms with E-state index in [1.807, 2.05) is 0 Å². The Bertz CT molecular complexity index is 1550. The lowest BCUT2D eigenvalue weighted by Crippen LogP contribution is -2.30. The zero-order valence-electron chi connectivity index (χ0n) is 45.7. The van der Waals surface area contributed by atoms with Crippen LogP contribution in [-0.4, -0.2) is 37.2 Å². The summed E-state index contributed by atoms with van der Waals surface area (Å²) in [6, 6.07) is 0. The minimum atomic E-state index is -0.793. The first-order chi connectivity index (χ1) is 35.0. The minimum absolute atomic E-state index is 0.0939. The fraction of sp³-hybridized carbons (Fsp3) is 0.615. The summed E-state index contributed by atoms with van der Waals surface area (Å²) < 4.78 is 16.7. The standard InChI is InChI=1S/C65H104O6/c1-4-7-10-13-15-17-19-21-23-24-25-26-27-28-29-30-31-32-33-34-35-36-37-38-39-40-42-43-45-47-49-52-55-58-64(67)70-61-62(60-69-63(66)57-54-51-12-9-6-3)71-65(68)59-56-53-50-48-46-44-41-22-20-18-16-14-11-8-5-2/h7,10,15-18,21-23,25-26,28-29,31-32,34-35,37-38,40-42,62H,4-6,8-9,11-14,19-20,24,27,30,33,36,39,43-61H2,1-3H3/b10-7-,17-15-,18-16-,23-21-,26-25-,29-28-,32-31-,35-34-,38-37-,41-22-,42-40-. The van der Waals surface area contributed by atoms with E-state index < -0.39 is 6.10 Å². The molecule has 0 rings (SSSR count). The molecule has 71 heavy (non-hydrogen) atoms. The van der Waals surface area contributed by atoms with Crippen molar-refractivity contribution in [1.29, 1.82) is 0 Å². The predicted molar refractivity (Wildman–Crippen MR) is 306 cm³/mol. The average molecular weight is 982 g/mol. The van der Waals surface area contributed by atoms with Crippen LogP contribution in [0.1, 0.15) is 239 Å². The van der Waals surface area contributed by atoms with Crippen LogP contribution in [0, 0.1) is 0 Å². The molecule has 0 aromatic carbocycles. The van der Waals surface area contributed by atoms with Crippen LogP contribution in [-0.2, 0) is 28.6 Å². The lowest BCUT2D eigenvalue weighted by Gasteiger charge is -2.18. The molecule has 1 atom stereocenters. The van der Waals surface area contributed by atoms with Crippen LogP contribution in [0.15, 0.2) is 134 Å². The predicted octanol–water partition coefficient (Wildman–Crippen LogP) is 19.4. The van der Waals surface area contributed by atoms with Gasteiger partial charge in [-0.1, -0.05) is 231 Å². The van der Waals surface area contributed by atoms with Gasteiger partial charge in [0.25, 0.3) is 0 Å². The second-order valence-corrected chi connectivity index (χ2v) is 18.5. The van der Waals surface area contributed by atoms with Gasteiger partial charge in [0.2, 0.25) is 0 Å². The fourth-order valence-electron chi connectivity index (χ4n) is 7.35. The van der Waals surface area contributed by atoms with Crippen LogP contribution in [0.2, 0.25) is 0 Å². The van der Waals surface area contributed by atoms with Gasteiger partial charge >= 0.3 is 17.9 Å². The summed E-state index contributed by atoms with van der Waals surface area (Å²) in [5.74, 6) is -0.948. The number of carbonyl (C=O) groups excluding carboxylic acids is 3. The monoisotopic (exact) mass is 981 g/mol. The van der Waals surface area contributed by atoms with Gasteiger partial charge in [0.05, 0.1) is 0 Å². The van der Waals surface area contributed by atoms with Gasteiger partial charge < -0.3 is 14.2 Å². The summed E-state index contributed by atoms with van der Waals surface area (Å²) in [5.41, 5.74) is 0. The number of rotatable bonds is 50. The highest BCUT2D eigenvalue weighted by Crippen LogP contribution is 2.13. The maximum absolute atomic E-state index is 12.7. The number of hydrogen-bond acceptors (Lipinski definition) is 6. The molecule has 0 amide bonds. The second-order valence-electron chi connectivity index (χ2n) is 18.5. The van der Waals surface area contributed by atoms with E-state index in [4.69, 9.17) is 14.2 Å². The van der Waals surface area contributed by atoms with Gasteiger partial charge in [0.1, 0.15) is 13.2 Å². The molecule has 0 saturated heterocycles. The molecule has 0 fully saturated rings. The Labute approximate surface area is 436 Å². The highest BCUT2D eigenvalue weighted by molar-refractivity contribution is 5.71. The first kappa shape index (κ1) is 66.6. The molecule has 6 heteroatoms. The van der Waals surface area contributed by atoms with Crippen molar-refractivity contribution in [1.82, 2.24) is 0 Å². The van der Waals surface area contributed by atoms with Crippen LogP contribution in [0.25, 0.3) is 0 Å². The highest BCUT2D eigenvalue weighted by Gasteiger charge is 2.19. The molecule has 0 aliphatic carbocycles. The van der Waals surface area contributed by atoms with Gasteiger partial charge in [-0.05, 0) is 122 Å². The van der Waals surface area contributed by atoms with Crippen molar-refractivity contribution in [2.75, 3.05) is 13.2 Å². The molecule has 0 saturated carbocycles. The molecule has 0 aliphatic rings. The Morgan fingerprint density at radius 2 is 0.549 bits per heavy atom. The van der Waals surface area contributed by atoms with Crippen molar-refractivity contribution >= 4 is 17.9 Å². The van der Waals surface area contributed by atoms with E-state index in [1.54, 1.807) is 0 Å². The molecule has 400 valence electrons. The number of hydrogen-bond donors (Lipinski definition) is 0. The Hall–Kier alpha value is -4.45. The summed E-state index contributed by atoms with van der Waals surface area (Å²) in [5, 5.41) is 0. The first-order valence-electron chi connectivity index (χ1n) is 28.7. The number of allylic oxidation sites excluding steroid dienone is 22. The van der Waals surface area contributed by atoms with Crippen LogP contribution < -0.4 is 0 Å². The van der Waals surface area contributed by atoms with Gasteiger partial charge in [-0.15, -0.1) is 0 Å². The molecular formula is C65H104O6. The van der Waals surface area contributed by atoms with Crippen molar-refractivity contribution in [3.05, 3.63) is 134 Å². The number of unbranched alkanes of at least 4 members (excludes halogenated alkanes) is 17. The zero-order valence-corrected chi connectivity index (χ0v) is 45.7. The molecule has 6 nitrogen and oxygen atoms in total. The van der Waals surface area contributed by atoms with E-state index in [0.29, 0.717) is 19.3 Å². The molecule has 0 aliphatic heterocycles. The Morgan fingerprint density at radius 3 is 0.887 bits per heavy atom. The van der Waals surface area contributed by atoms with Crippen molar-refractivity contribution in [3.63, 3.8) is 0 Å². The number of esters is 3. The van der Waals surface area contributed by atoms with Gasteiger partial charge in [-0.25, -0.2) is 0 Å². The lowest BCUT2D eigenvalue weighted by molar-refractivity contribution is -0.167. The topological polar surface area (TPSA) is 78.9 Å². The third-order valence-corrected chi connectivity index (χ3v) is 11.6. The SMILES string of the molecule is CC/C=C\C/C=C\C/C=C\C/C=C\C/C=C\C/C=C\C/C=C\C/C=C\C/C=C\CCCCCCCC(=O)OCC(COC(=O)CCCCCCC)OC(=O)CCCCCCC/C=C\C/C=C\CCCCC. The number of carbonyl (C=O) groups is 3. The zero-order chi connectivity index (χ0) is 51.4. The Balaban J connectivity index is 4.15. The van der Waals surface area contributed by atoms with E-state index in [1.165, 1.54) is 25.7 Å². The fourth-order valence-corrected chi connectivity index (χ4v) is 7.35. The van der Waals surface area contributed by atoms with Crippen LogP contribution >= 0.6 is 0 Å². The molecule has 0 aromatic rings. The minimum Gasteiger partial charge on any atom is -0.462 e. The summed E-state index contributed by atoms with van der Waals surface area (Å²) in [4.78, 5) is 37.7. The van der Waals surface area contributed by atoms with Crippen molar-refractivity contribution in [3.8, 4) is 0 Å². The van der Waals surface area contributed by atoms with Crippen molar-refractivity contribution < 1.29 is 28.6 Å². The first-order valence-corrected chi connectivity index (χ1v) is 28.7. The van der Waals surface area contributed by atoms with E-state index in [-0.39, 0.29) is 31.1 Å². The molecule has 0 heterocycles. The Kier molecular flexibility index (Phi) is 54.5. The largest absolute Gasteiger partial charge is 0.462 e. The second kappa shape index (κ2) is 58.1. The van der Waals surface area contributed by atoms with E-state index in [2.05, 4.69) is 154 Å².